The van der Waals surface area contributed by atoms with E-state index in [0.29, 0.717) is 90.3 Å². The van der Waals surface area contributed by atoms with Crippen LogP contribution in [0.15, 0.2) is 0 Å². The first kappa shape index (κ1) is 38.9. The Morgan fingerprint density at radius 2 is 0.926 bits per heavy atom. The van der Waals surface area contributed by atoms with Gasteiger partial charge in [0.15, 0.2) is 0 Å². The molecule has 9 fully saturated rings. The largest absolute Gasteiger partial charge is 0.465 e. The van der Waals surface area contributed by atoms with E-state index in [2.05, 4.69) is 22.8 Å². The van der Waals surface area contributed by atoms with Crippen molar-refractivity contribution in [1.29, 1.82) is 10.5 Å². The van der Waals surface area contributed by atoms with Gasteiger partial charge in [-0.1, -0.05) is 0 Å². The fourth-order valence-electron chi connectivity index (χ4n) is 11.0. The normalized spacial score (nSPS) is 40.4. The zero-order chi connectivity index (χ0) is 38.1. The molecule has 2 heterocycles. The maximum atomic E-state index is 13.8. The molecule has 0 radical (unpaired) electrons. The van der Waals surface area contributed by atoms with Crippen LogP contribution < -0.4 is 10.6 Å². The van der Waals surface area contributed by atoms with Crippen LogP contribution in [-0.4, -0.2) is 108 Å². The fourth-order valence-corrected chi connectivity index (χ4v) is 11.0. The molecule has 0 aromatic carbocycles. The SMILES string of the molecule is N#C[C@@H]1C[C@H](F)CN1CC(=O)NC12CCC(C(=O)OCC3CCC(COC(=O)C45CCC(NC(=O)CN6C[C@@H](F)C[C@H]6C#N)(CC4)CC5)CC3)(CC1)CC2. The molecule has 54 heavy (non-hydrogen) atoms. The number of amides is 2. The van der Waals surface area contributed by atoms with Crippen LogP contribution in [0.25, 0.3) is 0 Å². The van der Waals surface area contributed by atoms with E-state index in [9.17, 15) is 38.5 Å². The molecule has 2 amide bonds. The van der Waals surface area contributed by atoms with Crippen LogP contribution >= 0.6 is 0 Å². The molecule has 296 valence electrons. The second kappa shape index (κ2) is 15.6. The molecule has 4 atom stereocenters. The van der Waals surface area contributed by atoms with E-state index in [1.54, 1.807) is 9.80 Å². The molecule has 0 unspecified atom stereocenters. The fraction of sp³-hybridized carbons (Fsp3) is 0.850. The molecule has 9 aliphatic rings. The highest BCUT2D eigenvalue weighted by atomic mass is 19.1. The number of esters is 2. The summed E-state index contributed by atoms with van der Waals surface area (Å²) in [5.74, 6) is -0.0648. The molecule has 2 saturated heterocycles. The number of carbonyl (C=O) groups is 4. The molecule has 0 aromatic rings. The van der Waals surface area contributed by atoms with Gasteiger partial charge in [-0.25, -0.2) is 8.78 Å². The number of hydrogen-bond acceptors (Lipinski definition) is 10. The van der Waals surface area contributed by atoms with Crippen LogP contribution in [0, 0.1) is 45.3 Å². The van der Waals surface area contributed by atoms with E-state index in [1.807, 2.05) is 0 Å². The summed E-state index contributed by atoms with van der Waals surface area (Å²) in [5.41, 5.74) is -1.71. The lowest BCUT2D eigenvalue weighted by Gasteiger charge is -2.52. The lowest BCUT2D eigenvalue weighted by Crippen LogP contribution is -2.59. The lowest BCUT2D eigenvalue weighted by molar-refractivity contribution is -0.168. The van der Waals surface area contributed by atoms with Crippen molar-refractivity contribution in [1.82, 2.24) is 20.4 Å². The van der Waals surface area contributed by atoms with Crippen molar-refractivity contribution in [2.75, 3.05) is 39.4 Å². The topological polar surface area (TPSA) is 165 Å². The summed E-state index contributed by atoms with van der Waals surface area (Å²) < 4.78 is 39.5. The average Bonchev–Trinajstić information content (AvgIpc) is 3.73. The van der Waals surface area contributed by atoms with Crippen molar-refractivity contribution in [3.8, 4) is 12.1 Å². The maximum Gasteiger partial charge on any atom is 0.312 e. The molecule has 7 saturated carbocycles. The molecule has 2 aliphatic heterocycles. The van der Waals surface area contributed by atoms with Gasteiger partial charge in [0, 0.05) is 37.0 Å². The van der Waals surface area contributed by atoms with Crippen LogP contribution in [0.5, 0.6) is 0 Å². The van der Waals surface area contributed by atoms with E-state index in [4.69, 9.17) is 9.47 Å². The number of hydrogen-bond donors (Lipinski definition) is 2. The first-order valence-corrected chi connectivity index (χ1v) is 20.4. The summed E-state index contributed by atoms with van der Waals surface area (Å²) in [6, 6.07) is 3.05. The second-order valence-electron chi connectivity index (χ2n) is 18.1. The van der Waals surface area contributed by atoms with Gasteiger partial charge < -0.3 is 20.1 Å². The Hall–Kier alpha value is -3.36. The van der Waals surface area contributed by atoms with Crippen molar-refractivity contribution < 1.29 is 37.4 Å². The second-order valence-corrected chi connectivity index (χ2v) is 18.1. The third-order valence-electron chi connectivity index (χ3n) is 14.7. The van der Waals surface area contributed by atoms with Gasteiger partial charge in [0.25, 0.3) is 0 Å². The van der Waals surface area contributed by atoms with E-state index in [0.717, 1.165) is 25.7 Å². The number of alkyl halides is 2. The minimum Gasteiger partial charge on any atom is -0.465 e. The quantitative estimate of drug-likeness (QED) is 0.277. The number of nitrogens with zero attached hydrogens (tertiary/aromatic N) is 4. The highest BCUT2D eigenvalue weighted by Gasteiger charge is 2.55. The van der Waals surface area contributed by atoms with Crippen LogP contribution in [-0.2, 0) is 28.7 Å². The van der Waals surface area contributed by atoms with E-state index in [-0.39, 0.29) is 85.7 Å². The maximum absolute atomic E-state index is 13.8. The Balaban J connectivity index is 0.778. The monoisotopic (exact) mass is 754 g/mol. The zero-order valence-electron chi connectivity index (χ0n) is 31.4. The zero-order valence-corrected chi connectivity index (χ0v) is 31.4. The number of rotatable bonds is 12. The first-order valence-electron chi connectivity index (χ1n) is 20.4. The number of halogens is 2. The number of likely N-dealkylation sites (tertiary alicyclic amines) is 2. The number of carbonyl (C=O) groups excluding carboxylic acids is 4. The summed E-state index contributed by atoms with van der Waals surface area (Å²) in [7, 11) is 0. The number of fused-ring (bicyclic) bond motifs is 6. The van der Waals surface area contributed by atoms with Crippen molar-refractivity contribution in [2.24, 2.45) is 22.7 Å². The summed E-state index contributed by atoms with van der Waals surface area (Å²) in [4.78, 5) is 55.8. The van der Waals surface area contributed by atoms with Gasteiger partial charge in [-0.15, -0.1) is 0 Å². The predicted octanol–water partition coefficient (Wildman–Crippen LogP) is 4.17. The third kappa shape index (κ3) is 8.11. The van der Waals surface area contributed by atoms with Gasteiger partial charge >= 0.3 is 11.9 Å². The number of nitriles is 2. The van der Waals surface area contributed by atoms with Crippen LogP contribution in [0.1, 0.15) is 116 Å². The predicted molar refractivity (Wildman–Crippen MR) is 190 cm³/mol. The van der Waals surface area contributed by atoms with Crippen molar-refractivity contribution in [3.63, 3.8) is 0 Å². The van der Waals surface area contributed by atoms with E-state index in [1.165, 1.54) is 0 Å². The van der Waals surface area contributed by atoms with Gasteiger partial charge in [0.05, 0.1) is 49.3 Å². The summed E-state index contributed by atoms with van der Waals surface area (Å²) in [6.07, 6.45) is 10.0. The van der Waals surface area contributed by atoms with Crippen molar-refractivity contribution >= 4 is 23.8 Å². The summed E-state index contributed by atoms with van der Waals surface area (Å²) >= 11 is 0. The highest BCUT2D eigenvalue weighted by molar-refractivity contribution is 5.81. The number of ether oxygens (including phenoxy) is 2. The molecule has 0 spiro atoms. The van der Waals surface area contributed by atoms with Gasteiger partial charge in [-0.2, -0.15) is 10.5 Å². The van der Waals surface area contributed by atoms with E-state index < -0.39 is 35.3 Å². The van der Waals surface area contributed by atoms with Gasteiger partial charge in [0.2, 0.25) is 11.8 Å². The van der Waals surface area contributed by atoms with Crippen molar-refractivity contribution in [2.45, 2.75) is 151 Å². The Morgan fingerprint density at radius 3 is 1.24 bits per heavy atom. The van der Waals surface area contributed by atoms with Gasteiger partial charge in [0.1, 0.15) is 24.4 Å². The third-order valence-corrected chi connectivity index (χ3v) is 14.7. The molecule has 2 N–H and O–H groups in total. The Morgan fingerprint density at radius 1 is 0.593 bits per heavy atom. The molecular weight excluding hydrogens is 698 g/mol. The van der Waals surface area contributed by atoms with Crippen LogP contribution in [0.2, 0.25) is 0 Å². The van der Waals surface area contributed by atoms with E-state index >= 15 is 0 Å². The Kier molecular flexibility index (Phi) is 11.3. The summed E-state index contributed by atoms with van der Waals surface area (Å²) in [5, 5.41) is 25.0. The molecule has 9 rings (SSSR count). The Labute approximate surface area is 317 Å². The van der Waals surface area contributed by atoms with Gasteiger partial charge in [-0.05, 0) is 115 Å². The molecule has 12 nitrogen and oxygen atoms in total. The smallest absolute Gasteiger partial charge is 0.312 e. The minimum atomic E-state index is -1.08. The average molecular weight is 755 g/mol. The van der Waals surface area contributed by atoms with Gasteiger partial charge in [-0.3, -0.25) is 29.0 Å². The Bertz CT molecular complexity index is 1380. The highest BCUT2D eigenvalue weighted by Crippen LogP contribution is 2.54. The molecule has 7 aliphatic carbocycles. The summed E-state index contributed by atoms with van der Waals surface area (Å²) in [6.45, 7) is 1.03. The standard InChI is InChI=1S/C40H56F2N6O6/c41-29-17-31(19-43)47(21-29)23-33(49)45-39-11-5-37(6-12-39,7-13-39)35(51)53-25-27-1-2-28(4-3-27)26-54-36(52)38-8-14-40(15-9-38,16-10-38)46-34(50)24-48-22-30(42)18-32(48)20-44/h27-32H,1-18,21-26H2,(H,45,49)(H,46,50)/t27?,28?,29-,30-,31-,32-,37?,38?,39?,40?/m0/s1. The molecular formula is C40H56F2N6O6. The van der Waals surface area contributed by atoms with Crippen LogP contribution in [0.3, 0.4) is 0 Å². The van der Waals surface area contributed by atoms with Crippen LogP contribution in [0.4, 0.5) is 8.78 Å². The molecule has 4 bridgehead atoms. The minimum absolute atomic E-state index is 0.0136. The first-order chi connectivity index (χ1) is 25.9. The molecule has 0 aromatic heterocycles. The lowest BCUT2D eigenvalue weighted by atomic mass is 9.57. The van der Waals surface area contributed by atoms with Crippen molar-refractivity contribution in [3.05, 3.63) is 0 Å². The molecule has 14 heteroatoms. The number of nitrogens with one attached hydrogen (secondary N) is 2.